The van der Waals surface area contributed by atoms with Gasteiger partial charge in [-0.1, -0.05) is 32.4 Å². The average molecular weight is 234 g/mol. The first kappa shape index (κ1) is 12.4. The predicted octanol–water partition coefficient (Wildman–Crippen LogP) is 3.27. The number of phenols is 1. The fourth-order valence-corrected chi connectivity index (χ4v) is 3.16. The fourth-order valence-electron chi connectivity index (χ4n) is 3.16. The van der Waals surface area contributed by atoms with Crippen LogP contribution in [-0.4, -0.2) is 15.8 Å². The third kappa shape index (κ3) is 3.22. The molecule has 1 aromatic carbocycles. The summed E-state index contributed by atoms with van der Waals surface area (Å²) in [4.78, 5) is 0. The molecule has 2 nitrogen and oxygen atoms in total. The number of rotatable bonds is 2. The van der Waals surface area contributed by atoms with Gasteiger partial charge >= 0.3 is 0 Å². The van der Waals surface area contributed by atoms with Crippen molar-refractivity contribution in [2.24, 2.45) is 5.41 Å². The van der Waals surface area contributed by atoms with E-state index in [1.54, 1.807) is 12.1 Å². The summed E-state index contributed by atoms with van der Waals surface area (Å²) in [5.41, 5.74) is 0.643. The van der Waals surface area contributed by atoms with Crippen LogP contribution in [0.1, 0.15) is 45.1 Å². The maximum absolute atomic E-state index is 10.7. The van der Waals surface area contributed by atoms with Crippen LogP contribution in [0.4, 0.5) is 0 Å². The molecule has 0 amide bonds. The number of aromatic hydroxyl groups is 1. The highest BCUT2D eigenvalue weighted by molar-refractivity contribution is 5.28. The second-order valence-corrected chi connectivity index (χ2v) is 6.27. The van der Waals surface area contributed by atoms with Crippen molar-refractivity contribution >= 4 is 0 Å². The Bertz CT molecular complexity index is 398. The first-order chi connectivity index (χ1) is 7.89. The number of aliphatic hydroxyl groups is 1. The van der Waals surface area contributed by atoms with E-state index in [0.717, 1.165) is 24.8 Å². The highest BCUT2D eigenvalue weighted by Gasteiger charge is 2.38. The quantitative estimate of drug-likeness (QED) is 0.824. The van der Waals surface area contributed by atoms with Crippen LogP contribution < -0.4 is 0 Å². The number of hydrogen-bond donors (Lipinski definition) is 2. The van der Waals surface area contributed by atoms with E-state index >= 15 is 0 Å². The molecule has 0 aliphatic heterocycles. The lowest BCUT2D eigenvalue weighted by Crippen LogP contribution is -2.40. The first-order valence-corrected chi connectivity index (χ1v) is 6.39. The lowest BCUT2D eigenvalue weighted by atomic mass is 9.68. The predicted molar refractivity (Wildman–Crippen MR) is 69.0 cm³/mol. The molecule has 1 aromatic rings. The lowest BCUT2D eigenvalue weighted by Gasteiger charge is -2.41. The summed E-state index contributed by atoms with van der Waals surface area (Å²) >= 11 is 0. The van der Waals surface area contributed by atoms with E-state index in [2.05, 4.69) is 13.8 Å². The van der Waals surface area contributed by atoms with E-state index in [0.29, 0.717) is 6.42 Å². The van der Waals surface area contributed by atoms with Gasteiger partial charge in [-0.15, -0.1) is 0 Å². The molecule has 0 radical (unpaired) electrons. The highest BCUT2D eigenvalue weighted by Crippen LogP contribution is 2.42. The number of benzene rings is 1. The summed E-state index contributed by atoms with van der Waals surface area (Å²) in [6.07, 6.45) is 4.63. The standard InChI is InChI=1S/C15H22O2/c1-14(2)7-4-8-15(17,11-14)10-12-5-3-6-13(16)9-12/h3,5-6,9,16-17H,4,7-8,10-11H2,1-2H3. The van der Waals surface area contributed by atoms with Gasteiger partial charge in [0.1, 0.15) is 5.75 Å². The van der Waals surface area contributed by atoms with Crippen LogP contribution in [0, 0.1) is 5.41 Å². The van der Waals surface area contributed by atoms with Crippen LogP contribution in [0.2, 0.25) is 0 Å². The largest absolute Gasteiger partial charge is 0.508 e. The van der Waals surface area contributed by atoms with Crippen molar-refractivity contribution in [3.05, 3.63) is 29.8 Å². The molecule has 0 spiro atoms. The molecule has 1 atom stereocenters. The van der Waals surface area contributed by atoms with E-state index < -0.39 is 5.60 Å². The molecule has 94 valence electrons. The van der Waals surface area contributed by atoms with Gasteiger partial charge < -0.3 is 10.2 Å². The Morgan fingerprint density at radius 3 is 2.65 bits per heavy atom. The fraction of sp³-hybridized carbons (Fsp3) is 0.600. The van der Waals surface area contributed by atoms with Gasteiger partial charge in [-0.2, -0.15) is 0 Å². The van der Waals surface area contributed by atoms with Gasteiger partial charge in [0.15, 0.2) is 0 Å². The van der Waals surface area contributed by atoms with Crippen molar-refractivity contribution in [3.63, 3.8) is 0 Å². The summed E-state index contributed by atoms with van der Waals surface area (Å²) in [5, 5.41) is 20.1. The Balaban J connectivity index is 2.12. The second-order valence-electron chi connectivity index (χ2n) is 6.27. The lowest BCUT2D eigenvalue weighted by molar-refractivity contribution is -0.0382. The minimum atomic E-state index is -0.602. The van der Waals surface area contributed by atoms with Gasteiger partial charge in [0.2, 0.25) is 0 Å². The topological polar surface area (TPSA) is 40.5 Å². The van der Waals surface area contributed by atoms with Gasteiger partial charge in [-0.3, -0.25) is 0 Å². The molecule has 0 heterocycles. The monoisotopic (exact) mass is 234 g/mol. The molecule has 1 unspecified atom stereocenters. The summed E-state index contributed by atoms with van der Waals surface area (Å²) in [6, 6.07) is 7.22. The molecule has 2 heteroatoms. The van der Waals surface area contributed by atoms with Crippen LogP contribution in [-0.2, 0) is 6.42 Å². The zero-order valence-electron chi connectivity index (χ0n) is 10.7. The van der Waals surface area contributed by atoms with Crippen molar-refractivity contribution in [2.75, 3.05) is 0 Å². The Morgan fingerprint density at radius 1 is 1.24 bits per heavy atom. The van der Waals surface area contributed by atoms with Crippen LogP contribution in [0.3, 0.4) is 0 Å². The molecule has 1 aliphatic carbocycles. The maximum atomic E-state index is 10.7. The summed E-state index contributed by atoms with van der Waals surface area (Å²) < 4.78 is 0. The SMILES string of the molecule is CC1(C)CCCC(O)(Cc2cccc(O)c2)C1. The van der Waals surface area contributed by atoms with Gasteiger partial charge in [0.25, 0.3) is 0 Å². The third-order valence-corrected chi connectivity index (χ3v) is 3.75. The van der Waals surface area contributed by atoms with E-state index in [1.807, 2.05) is 12.1 Å². The molecule has 1 saturated carbocycles. The maximum Gasteiger partial charge on any atom is 0.115 e. The van der Waals surface area contributed by atoms with E-state index in [1.165, 1.54) is 6.42 Å². The number of phenolic OH excluding ortho intramolecular Hbond substituents is 1. The van der Waals surface area contributed by atoms with Gasteiger partial charge in [-0.25, -0.2) is 0 Å². The normalized spacial score (nSPS) is 27.9. The average Bonchev–Trinajstić information content (AvgIpc) is 2.14. The zero-order valence-corrected chi connectivity index (χ0v) is 10.7. The van der Waals surface area contributed by atoms with E-state index in [-0.39, 0.29) is 11.2 Å². The van der Waals surface area contributed by atoms with Crippen molar-refractivity contribution in [2.45, 2.75) is 51.6 Å². The zero-order chi connectivity index (χ0) is 12.5. The molecule has 2 rings (SSSR count). The van der Waals surface area contributed by atoms with Crippen molar-refractivity contribution < 1.29 is 10.2 Å². The molecule has 0 bridgehead atoms. The molecular weight excluding hydrogens is 212 g/mol. The Kier molecular flexibility index (Phi) is 3.17. The molecular formula is C15H22O2. The Morgan fingerprint density at radius 2 is 2.00 bits per heavy atom. The summed E-state index contributed by atoms with van der Waals surface area (Å²) in [5.74, 6) is 0.279. The minimum Gasteiger partial charge on any atom is -0.508 e. The van der Waals surface area contributed by atoms with Crippen LogP contribution in [0.15, 0.2) is 24.3 Å². The van der Waals surface area contributed by atoms with Gasteiger partial charge in [-0.05, 0) is 42.4 Å². The number of hydrogen-bond acceptors (Lipinski definition) is 2. The van der Waals surface area contributed by atoms with Crippen molar-refractivity contribution in [3.8, 4) is 5.75 Å². The molecule has 0 aromatic heterocycles. The third-order valence-electron chi connectivity index (χ3n) is 3.75. The van der Waals surface area contributed by atoms with Crippen molar-refractivity contribution in [1.29, 1.82) is 0 Å². The molecule has 2 N–H and O–H groups in total. The smallest absolute Gasteiger partial charge is 0.115 e. The van der Waals surface area contributed by atoms with Crippen LogP contribution in [0.25, 0.3) is 0 Å². The minimum absolute atomic E-state index is 0.226. The molecule has 1 aliphatic rings. The summed E-state index contributed by atoms with van der Waals surface area (Å²) in [6.45, 7) is 4.44. The highest BCUT2D eigenvalue weighted by atomic mass is 16.3. The second kappa shape index (κ2) is 4.34. The van der Waals surface area contributed by atoms with Crippen LogP contribution in [0.5, 0.6) is 5.75 Å². The molecule has 17 heavy (non-hydrogen) atoms. The van der Waals surface area contributed by atoms with E-state index in [4.69, 9.17) is 0 Å². The van der Waals surface area contributed by atoms with Crippen molar-refractivity contribution in [1.82, 2.24) is 0 Å². The Hall–Kier alpha value is -1.02. The van der Waals surface area contributed by atoms with Crippen LogP contribution >= 0.6 is 0 Å². The molecule has 1 fully saturated rings. The molecule has 0 saturated heterocycles. The van der Waals surface area contributed by atoms with Gasteiger partial charge in [0, 0.05) is 6.42 Å². The van der Waals surface area contributed by atoms with Gasteiger partial charge in [0.05, 0.1) is 5.60 Å². The van der Waals surface area contributed by atoms with E-state index in [9.17, 15) is 10.2 Å². The first-order valence-electron chi connectivity index (χ1n) is 6.39. The Labute approximate surface area is 103 Å². The summed E-state index contributed by atoms with van der Waals surface area (Å²) in [7, 11) is 0.